The van der Waals surface area contributed by atoms with Gasteiger partial charge in [-0.05, 0) is 35.9 Å². The van der Waals surface area contributed by atoms with E-state index in [1.165, 1.54) is 0 Å². The summed E-state index contributed by atoms with van der Waals surface area (Å²) in [5.41, 5.74) is -3.69. The fraction of sp³-hybridized carbons (Fsp3) is 0.263. The van der Waals surface area contributed by atoms with Crippen molar-refractivity contribution in [2.24, 2.45) is 0 Å². The fourth-order valence-electron chi connectivity index (χ4n) is 2.59. The van der Waals surface area contributed by atoms with Crippen LogP contribution in [0.2, 0.25) is 0 Å². The number of nitrogens with one attached hydrogen (secondary N) is 1. The molecule has 1 aliphatic rings. The molecule has 0 aliphatic carbocycles. The van der Waals surface area contributed by atoms with Crippen molar-refractivity contribution in [2.45, 2.75) is 18.9 Å². The molecule has 1 aliphatic heterocycles. The number of hydrogen-bond donors (Lipinski definition) is 1. The molecule has 3 rings (SSSR count). The van der Waals surface area contributed by atoms with E-state index in [4.69, 9.17) is 9.47 Å². The van der Waals surface area contributed by atoms with E-state index in [2.05, 4.69) is 10.1 Å². The van der Waals surface area contributed by atoms with Gasteiger partial charge < -0.3 is 19.5 Å². The highest BCUT2D eigenvalue weighted by Crippen LogP contribution is 2.36. The summed E-state index contributed by atoms with van der Waals surface area (Å²) in [4.78, 5) is 23.8. The van der Waals surface area contributed by atoms with Gasteiger partial charge in [0.25, 0.3) is 5.91 Å². The molecule has 0 fully saturated rings. The summed E-state index contributed by atoms with van der Waals surface area (Å²) >= 11 is 0. The standard InChI is InChI=1S/C19H13F6NO5/c20-18(21,22)12-4-11(5-13(6-12)19(23,24)25)17(28)29-8-16(27)26-7-10-1-2-14-15(3-10)31-9-30-14/h1-6H,7-9H2,(H,26,27). The van der Waals surface area contributed by atoms with Gasteiger partial charge >= 0.3 is 18.3 Å². The molecule has 0 atom stereocenters. The number of amides is 1. The zero-order valence-electron chi connectivity index (χ0n) is 15.4. The molecule has 0 saturated carbocycles. The van der Waals surface area contributed by atoms with Gasteiger partial charge in [0.1, 0.15) is 0 Å². The van der Waals surface area contributed by atoms with E-state index in [9.17, 15) is 35.9 Å². The quantitative estimate of drug-likeness (QED) is 0.553. The molecule has 0 aromatic heterocycles. The molecule has 2 aromatic rings. The minimum Gasteiger partial charge on any atom is -0.454 e. The number of halogens is 6. The van der Waals surface area contributed by atoms with Crippen LogP contribution in [0.15, 0.2) is 36.4 Å². The van der Waals surface area contributed by atoms with Gasteiger partial charge in [0, 0.05) is 6.54 Å². The lowest BCUT2D eigenvalue weighted by Gasteiger charge is -2.14. The molecule has 6 nitrogen and oxygen atoms in total. The van der Waals surface area contributed by atoms with Crippen molar-refractivity contribution in [2.75, 3.05) is 13.4 Å². The number of alkyl halides is 6. The average Bonchev–Trinajstić information content (AvgIpc) is 3.16. The van der Waals surface area contributed by atoms with Gasteiger partial charge in [-0.3, -0.25) is 4.79 Å². The molecule has 0 saturated heterocycles. The molecule has 0 bridgehead atoms. The summed E-state index contributed by atoms with van der Waals surface area (Å²) in [6, 6.07) is 5.20. The summed E-state index contributed by atoms with van der Waals surface area (Å²) < 4.78 is 92.0. The summed E-state index contributed by atoms with van der Waals surface area (Å²) in [6.07, 6.45) is -10.2. The van der Waals surface area contributed by atoms with Crippen LogP contribution in [0.1, 0.15) is 27.0 Å². The zero-order valence-corrected chi connectivity index (χ0v) is 15.4. The molecule has 2 aromatic carbocycles. The van der Waals surface area contributed by atoms with E-state index in [1.54, 1.807) is 18.2 Å². The normalized spacial score (nSPS) is 13.1. The maximum atomic E-state index is 12.9. The number of rotatable bonds is 5. The molecule has 0 radical (unpaired) electrons. The zero-order chi connectivity index (χ0) is 22.8. The van der Waals surface area contributed by atoms with Crippen LogP contribution in [-0.4, -0.2) is 25.3 Å². The van der Waals surface area contributed by atoms with Gasteiger partial charge in [0.2, 0.25) is 6.79 Å². The SMILES string of the molecule is O=C(COC(=O)c1cc(C(F)(F)F)cc(C(F)(F)F)c1)NCc1ccc2c(c1)OCO2. The van der Waals surface area contributed by atoms with Crippen molar-refractivity contribution in [3.05, 3.63) is 58.7 Å². The van der Waals surface area contributed by atoms with Crippen molar-refractivity contribution in [3.63, 3.8) is 0 Å². The molecule has 166 valence electrons. The average molecular weight is 449 g/mol. The molecule has 0 unspecified atom stereocenters. The van der Waals surface area contributed by atoms with E-state index in [0.717, 1.165) is 0 Å². The van der Waals surface area contributed by atoms with Crippen molar-refractivity contribution < 1.29 is 50.1 Å². The Morgan fingerprint density at radius 1 is 0.903 bits per heavy atom. The van der Waals surface area contributed by atoms with Gasteiger partial charge in [-0.1, -0.05) is 6.07 Å². The summed E-state index contributed by atoms with van der Waals surface area (Å²) in [5.74, 6) is -1.31. The second kappa shape index (κ2) is 8.36. The molecule has 31 heavy (non-hydrogen) atoms. The Morgan fingerprint density at radius 2 is 1.52 bits per heavy atom. The van der Waals surface area contributed by atoms with Crippen LogP contribution >= 0.6 is 0 Å². The summed E-state index contributed by atoms with van der Waals surface area (Å²) in [5, 5.41) is 2.40. The van der Waals surface area contributed by atoms with Crippen molar-refractivity contribution >= 4 is 11.9 Å². The van der Waals surface area contributed by atoms with Gasteiger partial charge in [-0.2, -0.15) is 26.3 Å². The lowest BCUT2D eigenvalue weighted by atomic mass is 10.0. The Labute approximate surface area is 170 Å². The van der Waals surface area contributed by atoms with Gasteiger partial charge in [-0.25, -0.2) is 4.79 Å². The third-order valence-electron chi connectivity index (χ3n) is 4.08. The molecular weight excluding hydrogens is 436 g/mol. The highest BCUT2D eigenvalue weighted by atomic mass is 19.4. The minimum atomic E-state index is -5.11. The Bertz CT molecular complexity index is 970. The topological polar surface area (TPSA) is 73.9 Å². The van der Waals surface area contributed by atoms with Crippen molar-refractivity contribution in [3.8, 4) is 11.5 Å². The first-order valence-electron chi connectivity index (χ1n) is 8.55. The Morgan fingerprint density at radius 3 is 2.13 bits per heavy atom. The highest BCUT2D eigenvalue weighted by Gasteiger charge is 2.37. The van der Waals surface area contributed by atoms with E-state index in [1.807, 2.05) is 0 Å². The molecular formula is C19H13F6NO5. The number of ether oxygens (including phenoxy) is 3. The van der Waals surface area contributed by atoms with Crippen LogP contribution in [-0.2, 0) is 28.4 Å². The van der Waals surface area contributed by atoms with E-state index < -0.39 is 47.5 Å². The highest BCUT2D eigenvalue weighted by molar-refractivity contribution is 5.91. The molecule has 1 heterocycles. The first-order valence-corrected chi connectivity index (χ1v) is 8.55. The second-order valence-corrected chi connectivity index (χ2v) is 6.34. The molecule has 0 spiro atoms. The van der Waals surface area contributed by atoms with Crippen molar-refractivity contribution in [1.82, 2.24) is 5.32 Å². The lowest BCUT2D eigenvalue weighted by molar-refractivity contribution is -0.143. The summed E-state index contributed by atoms with van der Waals surface area (Å²) in [7, 11) is 0. The van der Waals surface area contributed by atoms with Crippen LogP contribution in [0.5, 0.6) is 11.5 Å². The maximum absolute atomic E-state index is 12.9. The van der Waals surface area contributed by atoms with Gasteiger partial charge in [0.15, 0.2) is 18.1 Å². The number of benzene rings is 2. The number of fused-ring (bicyclic) bond motifs is 1. The first kappa shape index (κ1) is 22.2. The smallest absolute Gasteiger partial charge is 0.416 e. The fourth-order valence-corrected chi connectivity index (χ4v) is 2.59. The van der Waals surface area contributed by atoms with Crippen LogP contribution in [0.4, 0.5) is 26.3 Å². The molecule has 1 N–H and O–H groups in total. The predicted octanol–water partition coefficient (Wildman–Crippen LogP) is 3.93. The lowest BCUT2D eigenvalue weighted by Crippen LogP contribution is -2.28. The number of esters is 1. The van der Waals surface area contributed by atoms with Crippen LogP contribution in [0, 0.1) is 0 Å². The van der Waals surface area contributed by atoms with Crippen LogP contribution in [0.3, 0.4) is 0 Å². The van der Waals surface area contributed by atoms with Crippen LogP contribution < -0.4 is 14.8 Å². The number of carbonyl (C=O) groups is 2. The van der Waals surface area contributed by atoms with Crippen molar-refractivity contribution in [1.29, 1.82) is 0 Å². The molecule has 12 heteroatoms. The third kappa shape index (κ3) is 5.58. The van der Waals surface area contributed by atoms with E-state index in [0.29, 0.717) is 17.1 Å². The Hall–Kier alpha value is -3.44. The second-order valence-electron chi connectivity index (χ2n) is 6.34. The number of hydrogen-bond acceptors (Lipinski definition) is 5. The monoisotopic (exact) mass is 449 g/mol. The predicted molar refractivity (Wildman–Crippen MR) is 91.1 cm³/mol. The Balaban J connectivity index is 1.61. The van der Waals surface area contributed by atoms with E-state index >= 15 is 0 Å². The van der Waals surface area contributed by atoms with Gasteiger partial charge in [-0.15, -0.1) is 0 Å². The maximum Gasteiger partial charge on any atom is 0.416 e. The largest absolute Gasteiger partial charge is 0.454 e. The first-order chi connectivity index (χ1) is 14.4. The molecule has 1 amide bonds. The Kier molecular flexibility index (Phi) is 6.00. The van der Waals surface area contributed by atoms with Gasteiger partial charge in [0.05, 0.1) is 16.7 Å². The minimum absolute atomic E-state index is 0.00873. The third-order valence-corrected chi connectivity index (χ3v) is 4.08. The van der Waals surface area contributed by atoms with Crippen LogP contribution in [0.25, 0.3) is 0 Å². The number of carbonyl (C=O) groups excluding carboxylic acids is 2. The summed E-state index contributed by atoms with van der Waals surface area (Å²) in [6.45, 7) is -0.831. The van der Waals surface area contributed by atoms with E-state index in [-0.39, 0.29) is 31.5 Å².